The molecule has 6 rings (SSSR count). The fourth-order valence-corrected chi connectivity index (χ4v) is 7.71. The van der Waals surface area contributed by atoms with E-state index in [1.165, 1.54) is 57.8 Å². The summed E-state index contributed by atoms with van der Waals surface area (Å²) in [4.78, 5) is 18.3. The average molecular weight is 375 g/mol. The van der Waals surface area contributed by atoms with Gasteiger partial charge in [0.25, 0.3) is 0 Å². The van der Waals surface area contributed by atoms with E-state index in [0.29, 0.717) is 17.4 Å². The summed E-state index contributed by atoms with van der Waals surface area (Å²) in [5.41, 5.74) is 0.387. The van der Waals surface area contributed by atoms with Crippen LogP contribution in [0.5, 0.6) is 0 Å². The molecule has 4 bridgehead atoms. The SMILES string of the molecule is O=C(CC12CC3CC(CC(C3)C1)C2)N1CCCCC1CCN1CCOCC1. The first-order valence-corrected chi connectivity index (χ1v) is 11.8. The molecule has 2 saturated heterocycles. The second-order valence-electron chi connectivity index (χ2n) is 10.6. The minimum Gasteiger partial charge on any atom is -0.379 e. The maximum atomic E-state index is 13.4. The molecule has 1 amide bonds. The Kier molecular flexibility index (Phi) is 5.23. The molecule has 0 radical (unpaired) electrons. The predicted molar refractivity (Wildman–Crippen MR) is 106 cm³/mol. The molecule has 4 saturated carbocycles. The van der Waals surface area contributed by atoms with E-state index in [-0.39, 0.29) is 0 Å². The number of nitrogens with zero attached hydrogens (tertiary/aromatic N) is 2. The highest BCUT2D eigenvalue weighted by atomic mass is 16.5. The van der Waals surface area contributed by atoms with E-state index in [0.717, 1.165) is 70.0 Å². The second kappa shape index (κ2) is 7.67. The number of hydrogen-bond acceptors (Lipinski definition) is 3. The number of ether oxygens (including phenoxy) is 1. The van der Waals surface area contributed by atoms with E-state index < -0.39 is 0 Å². The lowest BCUT2D eigenvalue weighted by molar-refractivity contribution is -0.143. The van der Waals surface area contributed by atoms with Crippen LogP contribution in [0.1, 0.15) is 70.6 Å². The molecule has 4 heteroatoms. The van der Waals surface area contributed by atoms with Crippen LogP contribution in [0.4, 0.5) is 0 Å². The van der Waals surface area contributed by atoms with Gasteiger partial charge in [-0.25, -0.2) is 0 Å². The topological polar surface area (TPSA) is 32.8 Å². The molecule has 0 aromatic rings. The van der Waals surface area contributed by atoms with Crippen LogP contribution in [-0.2, 0) is 9.53 Å². The van der Waals surface area contributed by atoms with Crippen molar-refractivity contribution in [2.45, 2.75) is 76.7 Å². The number of rotatable bonds is 5. The molecule has 4 nitrogen and oxygen atoms in total. The van der Waals surface area contributed by atoms with Gasteiger partial charge in [0.15, 0.2) is 0 Å². The normalized spacial score (nSPS) is 41.9. The van der Waals surface area contributed by atoms with E-state index in [9.17, 15) is 4.79 Å². The van der Waals surface area contributed by atoms with Gasteiger partial charge in [0.05, 0.1) is 13.2 Å². The van der Waals surface area contributed by atoms with Crippen molar-refractivity contribution >= 4 is 5.91 Å². The first-order chi connectivity index (χ1) is 13.2. The largest absolute Gasteiger partial charge is 0.379 e. The van der Waals surface area contributed by atoms with E-state index in [2.05, 4.69) is 9.80 Å². The molecular weight excluding hydrogens is 336 g/mol. The summed E-state index contributed by atoms with van der Waals surface area (Å²) in [7, 11) is 0. The number of morpholine rings is 1. The molecule has 152 valence electrons. The summed E-state index contributed by atoms with van der Waals surface area (Å²) in [5.74, 6) is 3.34. The highest BCUT2D eigenvalue weighted by Crippen LogP contribution is 2.61. The number of hydrogen-bond donors (Lipinski definition) is 0. The lowest BCUT2D eigenvalue weighted by Crippen LogP contribution is -2.51. The van der Waals surface area contributed by atoms with E-state index in [1.54, 1.807) is 0 Å². The lowest BCUT2D eigenvalue weighted by atomic mass is 9.49. The van der Waals surface area contributed by atoms with Crippen molar-refractivity contribution in [3.63, 3.8) is 0 Å². The third-order valence-corrected chi connectivity index (χ3v) is 8.52. The Morgan fingerprint density at radius 1 is 0.926 bits per heavy atom. The molecule has 0 aromatic carbocycles. The van der Waals surface area contributed by atoms with Crippen LogP contribution < -0.4 is 0 Å². The predicted octanol–water partition coefficient (Wildman–Crippen LogP) is 3.70. The van der Waals surface area contributed by atoms with Crippen LogP contribution in [0, 0.1) is 23.2 Å². The van der Waals surface area contributed by atoms with E-state index >= 15 is 0 Å². The van der Waals surface area contributed by atoms with Crippen molar-refractivity contribution in [3.05, 3.63) is 0 Å². The summed E-state index contributed by atoms with van der Waals surface area (Å²) >= 11 is 0. The quantitative estimate of drug-likeness (QED) is 0.736. The molecule has 2 heterocycles. The maximum absolute atomic E-state index is 13.4. The Morgan fingerprint density at radius 3 is 2.26 bits per heavy atom. The van der Waals surface area contributed by atoms with Crippen molar-refractivity contribution in [2.75, 3.05) is 39.4 Å². The highest BCUT2D eigenvalue weighted by molar-refractivity contribution is 5.77. The van der Waals surface area contributed by atoms with Crippen molar-refractivity contribution in [1.29, 1.82) is 0 Å². The molecule has 27 heavy (non-hydrogen) atoms. The second-order valence-corrected chi connectivity index (χ2v) is 10.6. The van der Waals surface area contributed by atoms with Crippen molar-refractivity contribution in [3.8, 4) is 0 Å². The fourth-order valence-electron chi connectivity index (χ4n) is 7.71. The molecule has 6 fully saturated rings. The molecule has 6 aliphatic rings. The highest BCUT2D eigenvalue weighted by Gasteiger charge is 2.52. The number of amides is 1. The van der Waals surface area contributed by atoms with E-state index in [1.807, 2.05) is 0 Å². The summed E-state index contributed by atoms with van der Waals surface area (Å²) < 4.78 is 5.48. The summed E-state index contributed by atoms with van der Waals surface area (Å²) in [5, 5.41) is 0. The minimum absolute atomic E-state index is 0.387. The lowest BCUT2D eigenvalue weighted by Gasteiger charge is -2.57. The molecule has 4 aliphatic carbocycles. The minimum atomic E-state index is 0.387. The van der Waals surface area contributed by atoms with Gasteiger partial charge in [-0.15, -0.1) is 0 Å². The molecule has 0 spiro atoms. The summed E-state index contributed by atoms with van der Waals surface area (Å²) in [6.45, 7) is 6.02. The molecular formula is C23H38N2O2. The Hall–Kier alpha value is -0.610. The van der Waals surface area contributed by atoms with Gasteiger partial charge in [-0.05, 0) is 87.4 Å². The van der Waals surface area contributed by atoms with Gasteiger partial charge in [0, 0.05) is 38.6 Å². The Labute approximate surface area is 165 Å². The molecule has 0 aromatic heterocycles. The third kappa shape index (κ3) is 3.94. The Balaban J connectivity index is 1.20. The van der Waals surface area contributed by atoms with Gasteiger partial charge in [-0.1, -0.05) is 0 Å². The molecule has 1 atom stereocenters. The number of piperidine rings is 1. The Bertz CT molecular complexity index is 507. The monoisotopic (exact) mass is 374 g/mol. The smallest absolute Gasteiger partial charge is 0.223 e. The van der Waals surface area contributed by atoms with Crippen LogP contribution in [0.2, 0.25) is 0 Å². The van der Waals surface area contributed by atoms with Gasteiger partial charge < -0.3 is 9.64 Å². The van der Waals surface area contributed by atoms with Crippen LogP contribution in [-0.4, -0.2) is 61.1 Å². The maximum Gasteiger partial charge on any atom is 0.223 e. The van der Waals surface area contributed by atoms with Crippen molar-refractivity contribution < 1.29 is 9.53 Å². The van der Waals surface area contributed by atoms with Crippen LogP contribution in [0.25, 0.3) is 0 Å². The van der Waals surface area contributed by atoms with Crippen molar-refractivity contribution in [2.24, 2.45) is 23.2 Å². The molecule has 1 unspecified atom stereocenters. The number of carbonyl (C=O) groups excluding carboxylic acids is 1. The molecule has 0 N–H and O–H groups in total. The zero-order chi connectivity index (χ0) is 18.3. The van der Waals surface area contributed by atoms with Crippen LogP contribution in [0.15, 0.2) is 0 Å². The first-order valence-electron chi connectivity index (χ1n) is 11.8. The standard InChI is InChI=1S/C23H38N2O2/c26-22(17-23-14-18-11-19(15-23)13-20(12-18)16-23)25-5-2-1-3-21(25)4-6-24-7-9-27-10-8-24/h18-21H,1-17H2. The average Bonchev–Trinajstić information content (AvgIpc) is 2.66. The van der Waals surface area contributed by atoms with Crippen molar-refractivity contribution in [1.82, 2.24) is 9.80 Å². The number of carbonyl (C=O) groups is 1. The van der Waals surface area contributed by atoms with Crippen LogP contribution in [0.3, 0.4) is 0 Å². The zero-order valence-corrected chi connectivity index (χ0v) is 17.0. The van der Waals surface area contributed by atoms with E-state index in [4.69, 9.17) is 4.74 Å². The van der Waals surface area contributed by atoms with Gasteiger partial charge in [0.2, 0.25) is 5.91 Å². The van der Waals surface area contributed by atoms with Gasteiger partial charge in [0.1, 0.15) is 0 Å². The van der Waals surface area contributed by atoms with Gasteiger partial charge >= 0.3 is 0 Å². The van der Waals surface area contributed by atoms with Gasteiger partial charge in [-0.2, -0.15) is 0 Å². The first kappa shape index (κ1) is 18.4. The van der Waals surface area contributed by atoms with Gasteiger partial charge in [-0.3, -0.25) is 9.69 Å². The number of likely N-dealkylation sites (tertiary alicyclic amines) is 1. The summed E-state index contributed by atoms with van der Waals surface area (Å²) in [6, 6.07) is 0.489. The van der Waals surface area contributed by atoms with Crippen LogP contribution >= 0.6 is 0 Å². The zero-order valence-electron chi connectivity index (χ0n) is 17.0. The molecule has 2 aliphatic heterocycles. The third-order valence-electron chi connectivity index (χ3n) is 8.52. The fraction of sp³-hybridized carbons (Fsp3) is 0.957. The summed E-state index contributed by atoms with van der Waals surface area (Å²) in [6.07, 6.45) is 14.2. The Morgan fingerprint density at radius 2 is 1.59 bits per heavy atom.